The molecule has 0 bridgehead atoms. The van der Waals surface area contributed by atoms with Crippen molar-refractivity contribution in [3.05, 3.63) is 77.5 Å². The number of halogens is 1. The molecule has 3 N–H and O–H groups in total. The minimum atomic E-state index is -0.925. The number of nitrogens with zero attached hydrogens (tertiary/aromatic N) is 2. The van der Waals surface area contributed by atoms with Crippen molar-refractivity contribution in [3.63, 3.8) is 0 Å². The van der Waals surface area contributed by atoms with Crippen molar-refractivity contribution in [2.45, 2.75) is 52.2 Å². The van der Waals surface area contributed by atoms with E-state index in [0.717, 1.165) is 11.1 Å². The van der Waals surface area contributed by atoms with Gasteiger partial charge < -0.3 is 30.3 Å². The molecule has 0 radical (unpaired) electrons. The summed E-state index contributed by atoms with van der Waals surface area (Å²) in [5, 5.41) is 15.4. The maximum absolute atomic E-state index is 14.5. The zero-order valence-corrected chi connectivity index (χ0v) is 24.6. The number of aromatic nitrogens is 2. The van der Waals surface area contributed by atoms with Crippen molar-refractivity contribution < 1.29 is 28.2 Å². The zero-order chi connectivity index (χ0) is 30.7. The summed E-state index contributed by atoms with van der Waals surface area (Å²) in [5.41, 5.74) is 1.21. The van der Waals surface area contributed by atoms with E-state index in [4.69, 9.17) is 19.6 Å². The van der Waals surface area contributed by atoms with Gasteiger partial charge in [0.05, 0.1) is 49.7 Å². The van der Waals surface area contributed by atoms with Gasteiger partial charge in [-0.15, -0.1) is 0 Å². The molecule has 1 atom stereocenters. The number of esters is 1. The molecule has 224 valence electrons. The predicted octanol–water partition coefficient (Wildman–Crippen LogP) is 4.44. The average Bonchev–Trinajstić information content (AvgIpc) is 2.95. The summed E-state index contributed by atoms with van der Waals surface area (Å²) in [6, 6.07) is 10.9. The Labute approximate surface area is 245 Å². The Kier molecular flexibility index (Phi) is 11.5. The lowest BCUT2D eigenvalue weighted by molar-refractivity contribution is -0.143. The number of pyridine rings is 2. The molecule has 1 amide bonds. The number of amides is 1. The van der Waals surface area contributed by atoms with E-state index in [-0.39, 0.29) is 36.7 Å². The fraction of sp³-hybridized carbons (Fsp3) is 0.387. The van der Waals surface area contributed by atoms with Gasteiger partial charge in [-0.1, -0.05) is 6.07 Å². The van der Waals surface area contributed by atoms with E-state index in [1.54, 1.807) is 19.2 Å². The summed E-state index contributed by atoms with van der Waals surface area (Å²) in [4.78, 5) is 34.8. The highest BCUT2D eigenvalue weighted by atomic mass is 19.1. The number of carbonyl (C=O) groups is 2. The second-order valence-corrected chi connectivity index (χ2v) is 10.4. The first-order chi connectivity index (χ1) is 20.0. The Morgan fingerprint density at radius 1 is 1.17 bits per heavy atom. The van der Waals surface area contributed by atoms with E-state index in [1.165, 1.54) is 25.4 Å². The van der Waals surface area contributed by atoms with Gasteiger partial charge >= 0.3 is 5.97 Å². The molecule has 10 nitrogen and oxygen atoms in total. The summed E-state index contributed by atoms with van der Waals surface area (Å²) in [6.07, 6.45) is 3.44. The second-order valence-electron chi connectivity index (χ2n) is 10.4. The molecule has 2 aromatic heterocycles. The van der Waals surface area contributed by atoms with Crippen LogP contribution < -0.4 is 15.4 Å². The van der Waals surface area contributed by atoms with Crippen molar-refractivity contribution in [3.8, 4) is 5.75 Å². The minimum absolute atomic E-state index is 0.00947. The van der Waals surface area contributed by atoms with Crippen LogP contribution in [-0.2, 0) is 25.5 Å². The van der Waals surface area contributed by atoms with Crippen molar-refractivity contribution in [2.24, 2.45) is 0 Å². The van der Waals surface area contributed by atoms with Gasteiger partial charge in [-0.25, -0.2) is 14.4 Å². The van der Waals surface area contributed by atoms with Crippen LogP contribution in [0.3, 0.4) is 0 Å². The average molecular weight is 580 g/mol. The highest BCUT2D eigenvalue weighted by Gasteiger charge is 2.25. The van der Waals surface area contributed by atoms with Gasteiger partial charge in [-0.3, -0.25) is 9.59 Å². The Morgan fingerprint density at radius 3 is 2.64 bits per heavy atom. The second kappa shape index (κ2) is 15.0. The first-order valence-electron chi connectivity index (χ1n) is 13.7. The van der Waals surface area contributed by atoms with Crippen LogP contribution in [0.4, 0.5) is 4.39 Å². The molecular weight excluding hydrogens is 541 g/mol. The molecule has 0 aliphatic carbocycles. The third-order valence-corrected chi connectivity index (χ3v) is 6.07. The molecule has 0 aliphatic rings. The molecular formula is C31H38FN5O5. The fourth-order valence-corrected chi connectivity index (χ4v) is 3.94. The summed E-state index contributed by atoms with van der Waals surface area (Å²) < 4.78 is 30.3. The topological polar surface area (TPSA) is 136 Å². The monoisotopic (exact) mass is 579 g/mol. The maximum Gasteiger partial charge on any atom is 0.308 e. The normalized spacial score (nSPS) is 12.5. The summed E-state index contributed by atoms with van der Waals surface area (Å²) >= 11 is 0. The molecule has 3 aromatic rings. The smallest absolute Gasteiger partial charge is 0.308 e. The zero-order valence-electron chi connectivity index (χ0n) is 24.6. The number of ether oxygens (including phenoxy) is 3. The lowest BCUT2D eigenvalue weighted by Gasteiger charge is -2.22. The van der Waals surface area contributed by atoms with E-state index in [9.17, 15) is 14.0 Å². The third-order valence-electron chi connectivity index (χ3n) is 6.07. The number of benzene rings is 1. The summed E-state index contributed by atoms with van der Waals surface area (Å²) in [5.74, 6) is -1.81. The van der Waals surface area contributed by atoms with Gasteiger partial charge in [0.1, 0.15) is 0 Å². The number of methoxy groups -OCH3 is 1. The number of fused-ring (bicyclic) bond motifs is 1. The van der Waals surface area contributed by atoms with Crippen LogP contribution in [0.15, 0.2) is 60.4 Å². The van der Waals surface area contributed by atoms with Gasteiger partial charge in [-0.2, -0.15) is 0 Å². The van der Waals surface area contributed by atoms with Gasteiger partial charge in [0.25, 0.3) is 5.91 Å². The van der Waals surface area contributed by atoms with Crippen molar-refractivity contribution >= 4 is 28.6 Å². The molecule has 3 rings (SSSR count). The molecule has 1 aromatic carbocycles. The predicted molar refractivity (Wildman–Crippen MR) is 158 cm³/mol. The van der Waals surface area contributed by atoms with Crippen LogP contribution in [0.1, 0.15) is 51.4 Å². The largest absolute Gasteiger partial charge is 0.494 e. The van der Waals surface area contributed by atoms with Crippen LogP contribution in [-0.4, -0.2) is 60.0 Å². The molecule has 42 heavy (non-hydrogen) atoms. The van der Waals surface area contributed by atoms with Crippen molar-refractivity contribution in [1.29, 1.82) is 5.41 Å². The number of nitrogens with one attached hydrogen (secondary N) is 3. The van der Waals surface area contributed by atoms with Crippen LogP contribution in [0.25, 0.3) is 11.0 Å². The quantitative estimate of drug-likeness (QED) is 0.110. The highest BCUT2D eigenvalue weighted by Crippen LogP contribution is 2.25. The third kappa shape index (κ3) is 9.62. The van der Waals surface area contributed by atoms with Gasteiger partial charge in [0.15, 0.2) is 17.2 Å². The van der Waals surface area contributed by atoms with E-state index in [0.29, 0.717) is 24.2 Å². The minimum Gasteiger partial charge on any atom is -0.494 e. The van der Waals surface area contributed by atoms with Crippen LogP contribution in [0.2, 0.25) is 0 Å². The summed E-state index contributed by atoms with van der Waals surface area (Å²) in [7, 11) is 1.35. The highest BCUT2D eigenvalue weighted by molar-refractivity contribution is 6.21. The number of hydrogen-bond donors (Lipinski definition) is 3. The molecule has 0 saturated heterocycles. The first-order valence-corrected chi connectivity index (χ1v) is 13.7. The number of hydrogen-bond acceptors (Lipinski definition) is 9. The van der Waals surface area contributed by atoms with Crippen LogP contribution in [0.5, 0.6) is 5.75 Å². The van der Waals surface area contributed by atoms with Gasteiger partial charge in [-0.05, 0) is 69.7 Å². The van der Waals surface area contributed by atoms with Crippen LogP contribution in [0, 0.1) is 11.2 Å². The van der Waals surface area contributed by atoms with Gasteiger partial charge in [0, 0.05) is 36.4 Å². The van der Waals surface area contributed by atoms with E-state index in [2.05, 4.69) is 20.6 Å². The van der Waals surface area contributed by atoms with E-state index >= 15 is 0 Å². The van der Waals surface area contributed by atoms with Crippen molar-refractivity contribution in [1.82, 2.24) is 20.6 Å². The Hall–Kier alpha value is -4.38. The Morgan fingerprint density at radius 2 is 1.95 bits per heavy atom. The molecule has 0 aliphatic heterocycles. The summed E-state index contributed by atoms with van der Waals surface area (Å²) in [6.45, 7) is 7.67. The molecule has 0 spiro atoms. The lowest BCUT2D eigenvalue weighted by Crippen LogP contribution is -2.36. The number of rotatable bonds is 14. The molecule has 0 fully saturated rings. The first kappa shape index (κ1) is 32.1. The SMILES string of the molecule is CCOC(=O)C[C@H](NC(=O)/C(=C/NCCc1ccc2cccnc2n1)C(=N)COC(C)(C)C)c1ccc(OC)c(F)c1. The standard InChI is InChI=1S/C31H38FN5O5/c1-6-41-28(38)17-26(21-10-12-27(40-5)24(32)16-21)37-30(39)23(25(33)19-42-31(2,3)4)18-34-15-13-22-11-9-20-8-7-14-35-29(20)36-22/h7-12,14,16,18,26,33-34H,6,13,15,17,19H2,1-5H3,(H,37,39)/b23-18+,33-25?/t26-/m0/s1. The van der Waals surface area contributed by atoms with Crippen LogP contribution >= 0.6 is 0 Å². The maximum atomic E-state index is 14.5. The fourth-order valence-electron chi connectivity index (χ4n) is 3.94. The molecule has 11 heteroatoms. The Balaban J connectivity index is 1.80. The lowest BCUT2D eigenvalue weighted by atomic mass is 10.0. The van der Waals surface area contributed by atoms with Crippen molar-refractivity contribution in [2.75, 3.05) is 26.9 Å². The van der Waals surface area contributed by atoms with Gasteiger partial charge in [0.2, 0.25) is 0 Å². The van der Waals surface area contributed by atoms with E-state index in [1.807, 2.05) is 45.0 Å². The number of carbonyl (C=O) groups excluding carboxylic acids is 2. The Bertz CT molecular complexity index is 1440. The van der Waals surface area contributed by atoms with E-state index < -0.39 is 29.3 Å². The molecule has 2 heterocycles. The molecule has 0 saturated carbocycles. The molecule has 0 unspecified atom stereocenters.